The molecule has 0 radical (unpaired) electrons. The van der Waals surface area contributed by atoms with Gasteiger partial charge in [0, 0.05) is 35.5 Å². The van der Waals surface area contributed by atoms with E-state index in [1.165, 1.54) is 18.1 Å². The highest BCUT2D eigenvalue weighted by Gasteiger charge is 2.70. The number of hydrogen-bond donors (Lipinski definition) is 2. The van der Waals surface area contributed by atoms with Gasteiger partial charge in [-0.3, -0.25) is 28.9 Å². The molecule has 3 aromatic rings. The Labute approximate surface area is 281 Å². The normalized spacial score (nSPS) is 27.8. The molecule has 0 spiro atoms. The lowest BCUT2D eigenvalue weighted by Crippen LogP contribution is -2.53. The van der Waals surface area contributed by atoms with E-state index < -0.39 is 58.7 Å². The van der Waals surface area contributed by atoms with Gasteiger partial charge in [-0.15, -0.1) is 0 Å². The Balaban J connectivity index is 1.44. The molecular formula is C37H33ClN2O8. The van der Waals surface area contributed by atoms with Crippen molar-refractivity contribution in [3.8, 4) is 11.5 Å². The summed E-state index contributed by atoms with van der Waals surface area (Å²) in [7, 11) is 1.48. The Morgan fingerprint density at radius 3 is 2.42 bits per heavy atom. The maximum absolute atomic E-state index is 15.2. The predicted molar refractivity (Wildman–Crippen MR) is 174 cm³/mol. The van der Waals surface area contributed by atoms with Crippen LogP contribution in [0, 0.1) is 23.7 Å². The molecule has 2 aliphatic carbocycles. The van der Waals surface area contributed by atoms with Gasteiger partial charge < -0.3 is 14.9 Å². The number of allylic oxidation sites excluding steroid dienone is 2. The van der Waals surface area contributed by atoms with E-state index >= 15 is 4.79 Å². The summed E-state index contributed by atoms with van der Waals surface area (Å²) in [6.07, 6.45) is 2.18. The summed E-state index contributed by atoms with van der Waals surface area (Å²) in [6, 6.07) is 20.4. The van der Waals surface area contributed by atoms with Crippen LogP contribution in [0.2, 0.25) is 5.02 Å². The van der Waals surface area contributed by atoms with E-state index in [-0.39, 0.29) is 43.9 Å². The van der Waals surface area contributed by atoms with Crippen LogP contribution < -0.4 is 9.64 Å². The fourth-order valence-electron chi connectivity index (χ4n) is 8.66. The minimum absolute atomic E-state index is 0.0148. The van der Waals surface area contributed by atoms with Crippen molar-refractivity contribution >= 4 is 46.9 Å². The summed E-state index contributed by atoms with van der Waals surface area (Å²) >= 11 is 6.34. The van der Waals surface area contributed by atoms with Crippen molar-refractivity contribution < 1.29 is 38.9 Å². The van der Waals surface area contributed by atoms with Crippen LogP contribution in [0.25, 0.3) is 0 Å². The first-order valence-electron chi connectivity index (χ1n) is 15.9. The SMILES string of the molecule is COc1ccc(C2C3=CCC4C(=O)N(CCCC(=O)O)C(=O)C4C3CC3C(=O)N(c4cccc(Cl)c4)C(=O)C32c2ccccc2)c(O)c1. The number of carbonyl (C=O) groups excluding carboxylic acids is 4. The van der Waals surface area contributed by atoms with Crippen molar-refractivity contribution in [3.63, 3.8) is 0 Å². The fraction of sp³-hybridized carbons (Fsp3) is 0.324. The number of carboxylic acids is 1. The van der Waals surface area contributed by atoms with E-state index in [0.717, 1.165) is 4.90 Å². The summed E-state index contributed by atoms with van der Waals surface area (Å²) in [6.45, 7) is -0.0148. The number of phenols is 1. The standard InChI is InChI=1S/C37H33ClN2O8/c1-48-23-12-13-25(29(41)18-23)32-24-14-15-26-31(35(46)39(33(26)44)16-6-11-30(42)43)27(24)19-28-34(45)40(22-10-5-9-21(38)17-22)36(47)37(28,32)20-7-3-2-4-8-20/h2-5,7-10,12-14,17-18,26-28,31-32,41H,6,11,15-16,19H2,1H3,(H,42,43). The van der Waals surface area contributed by atoms with E-state index in [4.69, 9.17) is 21.4 Å². The highest BCUT2D eigenvalue weighted by Crippen LogP contribution is 2.65. The third kappa shape index (κ3) is 4.64. The van der Waals surface area contributed by atoms with Gasteiger partial charge in [0.15, 0.2) is 0 Å². The first-order chi connectivity index (χ1) is 23.1. The average Bonchev–Trinajstić information content (AvgIpc) is 3.45. The number of anilines is 1. The number of rotatable bonds is 8. The molecule has 0 aromatic heterocycles. The predicted octanol–water partition coefficient (Wildman–Crippen LogP) is 5.08. The number of ether oxygens (including phenoxy) is 1. The second-order valence-electron chi connectivity index (χ2n) is 12.8. The molecule has 246 valence electrons. The van der Waals surface area contributed by atoms with Crippen molar-refractivity contribution in [3.05, 3.63) is 101 Å². The van der Waals surface area contributed by atoms with Crippen molar-refractivity contribution in [2.45, 2.75) is 37.0 Å². The first kappa shape index (κ1) is 31.6. The zero-order valence-corrected chi connectivity index (χ0v) is 26.8. The van der Waals surface area contributed by atoms with Crippen molar-refractivity contribution in [2.75, 3.05) is 18.6 Å². The molecule has 10 nitrogen and oxygen atoms in total. The van der Waals surface area contributed by atoms with Gasteiger partial charge in [-0.25, -0.2) is 4.90 Å². The van der Waals surface area contributed by atoms with E-state index in [1.54, 1.807) is 48.5 Å². The van der Waals surface area contributed by atoms with Crippen LogP contribution in [-0.4, -0.2) is 58.4 Å². The van der Waals surface area contributed by atoms with Crippen LogP contribution in [0.15, 0.2) is 84.4 Å². The number of halogens is 1. The molecule has 3 aromatic carbocycles. The highest BCUT2D eigenvalue weighted by atomic mass is 35.5. The third-order valence-electron chi connectivity index (χ3n) is 10.6. The number of methoxy groups -OCH3 is 1. The quantitative estimate of drug-likeness (QED) is 0.250. The van der Waals surface area contributed by atoms with Gasteiger partial charge in [-0.05, 0) is 55.0 Å². The molecule has 4 aliphatic rings. The summed E-state index contributed by atoms with van der Waals surface area (Å²) < 4.78 is 5.37. The number of fused-ring (bicyclic) bond motifs is 4. The average molecular weight is 669 g/mol. The number of benzene rings is 3. The highest BCUT2D eigenvalue weighted by molar-refractivity contribution is 6.32. The Morgan fingerprint density at radius 2 is 1.73 bits per heavy atom. The topological polar surface area (TPSA) is 142 Å². The van der Waals surface area contributed by atoms with Crippen LogP contribution >= 0.6 is 11.6 Å². The zero-order valence-electron chi connectivity index (χ0n) is 26.0. The van der Waals surface area contributed by atoms with Gasteiger partial charge in [-0.2, -0.15) is 0 Å². The number of imide groups is 2. The van der Waals surface area contributed by atoms with E-state index in [0.29, 0.717) is 33.2 Å². The Morgan fingerprint density at radius 1 is 0.958 bits per heavy atom. The van der Waals surface area contributed by atoms with Gasteiger partial charge in [-0.1, -0.05) is 65.7 Å². The molecule has 0 bridgehead atoms. The summed E-state index contributed by atoms with van der Waals surface area (Å²) in [5, 5.41) is 21.1. The second kappa shape index (κ2) is 11.9. The van der Waals surface area contributed by atoms with Crippen molar-refractivity contribution in [2.24, 2.45) is 23.7 Å². The van der Waals surface area contributed by atoms with Crippen LogP contribution in [0.5, 0.6) is 11.5 Å². The molecule has 2 saturated heterocycles. The third-order valence-corrected chi connectivity index (χ3v) is 10.8. The second-order valence-corrected chi connectivity index (χ2v) is 13.3. The number of aromatic hydroxyl groups is 1. The van der Waals surface area contributed by atoms with Gasteiger partial charge >= 0.3 is 5.97 Å². The number of nitrogens with zero attached hydrogens (tertiary/aromatic N) is 2. The lowest BCUT2D eigenvalue weighted by atomic mass is 9.49. The summed E-state index contributed by atoms with van der Waals surface area (Å²) in [4.78, 5) is 71.1. The van der Waals surface area contributed by atoms with Crippen LogP contribution in [0.1, 0.15) is 42.7 Å². The zero-order chi connectivity index (χ0) is 33.9. The molecule has 4 amide bonds. The van der Waals surface area contributed by atoms with Crippen LogP contribution in [0.4, 0.5) is 5.69 Å². The van der Waals surface area contributed by atoms with Crippen LogP contribution in [-0.2, 0) is 29.4 Å². The Hall–Kier alpha value is -4.96. The molecule has 2 N–H and O–H groups in total. The minimum atomic E-state index is -1.52. The lowest BCUT2D eigenvalue weighted by Gasteiger charge is -2.50. The van der Waals surface area contributed by atoms with Crippen molar-refractivity contribution in [1.29, 1.82) is 0 Å². The molecule has 6 atom stereocenters. The number of phenolic OH excluding ortho intramolecular Hbond substituents is 1. The molecule has 2 aliphatic heterocycles. The molecule has 11 heteroatoms. The minimum Gasteiger partial charge on any atom is -0.508 e. The molecule has 3 fully saturated rings. The smallest absolute Gasteiger partial charge is 0.303 e. The largest absolute Gasteiger partial charge is 0.508 e. The van der Waals surface area contributed by atoms with E-state index in [2.05, 4.69) is 0 Å². The van der Waals surface area contributed by atoms with Gasteiger partial charge in [0.2, 0.25) is 23.6 Å². The molecule has 48 heavy (non-hydrogen) atoms. The number of amides is 4. The molecule has 1 saturated carbocycles. The van der Waals surface area contributed by atoms with Crippen molar-refractivity contribution in [1.82, 2.24) is 4.90 Å². The van der Waals surface area contributed by atoms with E-state index in [9.17, 15) is 24.3 Å². The van der Waals surface area contributed by atoms with Crippen LogP contribution in [0.3, 0.4) is 0 Å². The summed E-state index contributed by atoms with van der Waals surface area (Å²) in [5.41, 5.74) is 0.479. The van der Waals surface area contributed by atoms with Gasteiger partial charge in [0.05, 0.1) is 36.0 Å². The molecule has 6 unspecified atom stereocenters. The monoisotopic (exact) mass is 668 g/mol. The number of carboxylic acid groups (broad SMARTS) is 1. The summed E-state index contributed by atoms with van der Waals surface area (Å²) in [5.74, 6) is -6.39. The number of likely N-dealkylation sites (tertiary alicyclic amines) is 1. The Kier molecular flexibility index (Phi) is 7.86. The number of carbonyl (C=O) groups is 5. The maximum atomic E-state index is 15.2. The van der Waals surface area contributed by atoms with Gasteiger partial charge in [0.25, 0.3) is 0 Å². The molecule has 7 rings (SSSR count). The number of hydrogen-bond acceptors (Lipinski definition) is 7. The Bertz CT molecular complexity index is 1890. The molecule has 2 heterocycles. The fourth-order valence-corrected chi connectivity index (χ4v) is 8.84. The molecular weight excluding hydrogens is 636 g/mol. The number of aliphatic carboxylic acids is 1. The lowest BCUT2D eigenvalue weighted by molar-refractivity contribution is -0.142. The van der Waals surface area contributed by atoms with Gasteiger partial charge in [0.1, 0.15) is 11.5 Å². The first-order valence-corrected chi connectivity index (χ1v) is 16.3. The van der Waals surface area contributed by atoms with E-state index in [1.807, 2.05) is 24.3 Å². The maximum Gasteiger partial charge on any atom is 0.303 e.